The molecule has 32 heavy (non-hydrogen) atoms. The van der Waals surface area contributed by atoms with Crippen molar-refractivity contribution in [3.63, 3.8) is 0 Å². The van der Waals surface area contributed by atoms with E-state index < -0.39 is 18.0 Å². The van der Waals surface area contributed by atoms with E-state index in [0.29, 0.717) is 24.9 Å². The summed E-state index contributed by atoms with van der Waals surface area (Å²) in [7, 11) is 0. The molecule has 0 aliphatic carbocycles. The van der Waals surface area contributed by atoms with Gasteiger partial charge < -0.3 is 20.1 Å². The molecule has 1 unspecified atom stereocenters. The smallest absolute Gasteiger partial charge is 0.347 e. The van der Waals surface area contributed by atoms with Gasteiger partial charge in [-0.1, -0.05) is 13.3 Å². The van der Waals surface area contributed by atoms with E-state index in [2.05, 4.69) is 22.1 Å². The SMILES string of the molecule is CCCc1cc2c(N3CCn4c(nnc4C(F)(F)F)C3)nc(N3CC(=O)C(N)C3)nc2s1. The Labute approximate surface area is 185 Å². The quantitative estimate of drug-likeness (QED) is 0.622. The summed E-state index contributed by atoms with van der Waals surface area (Å²) in [4.78, 5) is 27.0. The Morgan fingerprint density at radius 3 is 2.69 bits per heavy atom. The predicted octanol–water partition coefficient (Wildman–Crippen LogP) is 1.99. The third-order valence-corrected chi connectivity index (χ3v) is 6.76. The number of hydrogen-bond donors (Lipinski definition) is 1. The van der Waals surface area contributed by atoms with Gasteiger partial charge in [-0.2, -0.15) is 18.2 Å². The zero-order valence-electron chi connectivity index (χ0n) is 17.3. The van der Waals surface area contributed by atoms with Crippen LogP contribution in [0, 0.1) is 0 Å². The molecule has 0 spiro atoms. The molecule has 0 radical (unpaired) electrons. The molecule has 2 aliphatic rings. The lowest BCUT2D eigenvalue weighted by Crippen LogP contribution is -2.36. The van der Waals surface area contributed by atoms with Crippen LogP contribution in [0.5, 0.6) is 0 Å². The van der Waals surface area contributed by atoms with E-state index in [-0.39, 0.29) is 31.2 Å². The van der Waals surface area contributed by atoms with Gasteiger partial charge in [-0.15, -0.1) is 21.5 Å². The fourth-order valence-corrected chi connectivity index (χ4v) is 5.23. The Hall–Kier alpha value is -2.80. The highest BCUT2D eigenvalue weighted by Crippen LogP contribution is 2.36. The van der Waals surface area contributed by atoms with Crippen LogP contribution in [0.4, 0.5) is 24.9 Å². The lowest BCUT2D eigenvalue weighted by molar-refractivity contribution is -0.147. The molecule has 2 N–H and O–H groups in total. The lowest BCUT2D eigenvalue weighted by Gasteiger charge is -2.30. The fourth-order valence-electron chi connectivity index (χ4n) is 4.11. The molecule has 1 saturated heterocycles. The Bertz CT molecular complexity index is 1190. The van der Waals surface area contributed by atoms with E-state index in [1.165, 1.54) is 0 Å². The maximum Gasteiger partial charge on any atom is 0.451 e. The van der Waals surface area contributed by atoms with Gasteiger partial charge in [-0.3, -0.25) is 4.79 Å². The van der Waals surface area contributed by atoms with Crippen LogP contribution >= 0.6 is 11.3 Å². The summed E-state index contributed by atoms with van der Waals surface area (Å²) in [5.41, 5.74) is 5.87. The van der Waals surface area contributed by atoms with Crippen molar-refractivity contribution in [1.82, 2.24) is 24.7 Å². The van der Waals surface area contributed by atoms with Crippen LogP contribution in [0.1, 0.15) is 29.9 Å². The third kappa shape index (κ3) is 3.58. The zero-order chi connectivity index (χ0) is 22.6. The predicted molar refractivity (Wildman–Crippen MR) is 113 cm³/mol. The van der Waals surface area contributed by atoms with Crippen LogP contribution in [-0.4, -0.2) is 56.2 Å². The fraction of sp³-hybridized carbons (Fsp3) is 0.526. The Balaban J connectivity index is 1.55. The first-order valence-corrected chi connectivity index (χ1v) is 11.1. The molecule has 1 atom stereocenters. The average molecular weight is 466 g/mol. The van der Waals surface area contributed by atoms with Crippen LogP contribution in [-0.2, 0) is 30.5 Å². The second-order valence-electron chi connectivity index (χ2n) is 7.99. The standard InChI is InChI=1S/C19H21F3N8OS/c1-2-3-10-6-11-15(24-18(25-16(11)32-10)29-7-12(23)13(31)8-29)28-4-5-30-14(9-28)26-27-17(30)19(20,21)22/h6,12H,2-5,7-9,23H2,1H3. The number of carbonyl (C=O) groups is 1. The molecule has 0 saturated carbocycles. The summed E-state index contributed by atoms with van der Waals surface area (Å²) < 4.78 is 40.7. The number of nitrogens with two attached hydrogens (primary N) is 1. The van der Waals surface area contributed by atoms with Crippen LogP contribution in [0.3, 0.4) is 0 Å². The first-order chi connectivity index (χ1) is 15.2. The van der Waals surface area contributed by atoms with Gasteiger partial charge in [0.05, 0.1) is 24.5 Å². The number of nitrogens with zero attached hydrogens (tertiary/aromatic N) is 7. The molecule has 170 valence electrons. The van der Waals surface area contributed by atoms with Crippen LogP contribution in [0.15, 0.2) is 6.07 Å². The molecule has 3 aromatic rings. The largest absolute Gasteiger partial charge is 0.451 e. The highest BCUT2D eigenvalue weighted by atomic mass is 32.1. The third-order valence-electron chi connectivity index (χ3n) is 5.67. The van der Waals surface area contributed by atoms with Gasteiger partial charge in [0, 0.05) is 24.5 Å². The van der Waals surface area contributed by atoms with Crippen molar-refractivity contribution in [3.05, 3.63) is 22.6 Å². The first-order valence-electron chi connectivity index (χ1n) is 10.3. The minimum Gasteiger partial charge on any atom is -0.347 e. The minimum absolute atomic E-state index is 0.0705. The number of fused-ring (bicyclic) bond motifs is 2. The van der Waals surface area contributed by atoms with E-state index in [1.54, 1.807) is 16.2 Å². The van der Waals surface area contributed by atoms with Crippen LogP contribution in [0.2, 0.25) is 0 Å². The molecule has 5 rings (SSSR count). The van der Waals surface area contributed by atoms with Crippen molar-refractivity contribution in [2.45, 2.75) is 45.1 Å². The van der Waals surface area contributed by atoms with Crippen LogP contribution in [0.25, 0.3) is 10.2 Å². The van der Waals surface area contributed by atoms with Gasteiger partial charge in [0.25, 0.3) is 0 Å². The van der Waals surface area contributed by atoms with E-state index >= 15 is 0 Å². The number of ketones is 1. The molecule has 3 aromatic heterocycles. The number of halogens is 3. The second kappa shape index (κ2) is 7.66. The number of carbonyl (C=O) groups excluding carboxylic acids is 1. The first kappa shape index (κ1) is 21.1. The van der Waals surface area contributed by atoms with Gasteiger partial charge in [0.2, 0.25) is 11.8 Å². The second-order valence-corrected chi connectivity index (χ2v) is 9.11. The van der Waals surface area contributed by atoms with Crippen molar-refractivity contribution < 1.29 is 18.0 Å². The molecule has 9 nitrogen and oxygen atoms in total. The molecule has 1 fully saturated rings. The van der Waals surface area contributed by atoms with Gasteiger partial charge in [0.15, 0.2) is 11.6 Å². The van der Waals surface area contributed by atoms with Crippen molar-refractivity contribution in [2.75, 3.05) is 29.4 Å². The number of Topliss-reactive ketones (excluding diaryl/α,β-unsaturated/α-hetero) is 1. The Morgan fingerprint density at radius 1 is 1.19 bits per heavy atom. The normalized spacial score (nSPS) is 19.3. The van der Waals surface area contributed by atoms with Gasteiger partial charge in [-0.05, 0) is 12.5 Å². The summed E-state index contributed by atoms with van der Waals surface area (Å²) in [6.45, 7) is 3.12. The minimum atomic E-state index is -4.55. The van der Waals surface area contributed by atoms with Gasteiger partial charge in [-0.25, -0.2) is 4.98 Å². The summed E-state index contributed by atoms with van der Waals surface area (Å²) in [6, 6.07) is 1.47. The highest BCUT2D eigenvalue weighted by Gasteiger charge is 2.40. The monoisotopic (exact) mass is 466 g/mol. The van der Waals surface area contributed by atoms with Crippen molar-refractivity contribution in [2.24, 2.45) is 5.73 Å². The molecule has 13 heteroatoms. The molecule has 0 amide bonds. The van der Waals surface area contributed by atoms with E-state index in [0.717, 1.165) is 32.5 Å². The maximum absolute atomic E-state index is 13.2. The van der Waals surface area contributed by atoms with Crippen LogP contribution < -0.4 is 15.5 Å². The highest BCUT2D eigenvalue weighted by molar-refractivity contribution is 7.18. The molecule has 0 bridgehead atoms. The van der Waals surface area contributed by atoms with E-state index in [4.69, 9.17) is 10.7 Å². The summed E-state index contributed by atoms with van der Waals surface area (Å²) in [6.07, 6.45) is -2.68. The summed E-state index contributed by atoms with van der Waals surface area (Å²) in [5, 5.41) is 7.98. The van der Waals surface area contributed by atoms with Crippen molar-refractivity contribution in [3.8, 4) is 0 Å². The summed E-state index contributed by atoms with van der Waals surface area (Å²) in [5.74, 6) is 0.213. The van der Waals surface area contributed by atoms with E-state index in [9.17, 15) is 18.0 Å². The lowest BCUT2D eigenvalue weighted by atomic mass is 10.2. The van der Waals surface area contributed by atoms with Gasteiger partial charge in [0.1, 0.15) is 10.6 Å². The zero-order valence-corrected chi connectivity index (χ0v) is 18.1. The molecule has 5 heterocycles. The molecular weight excluding hydrogens is 445 g/mol. The Kier molecular flexibility index (Phi) is 5.04. The maximum atomic E-state index is 13.2. The Morgan fingerprint density at radius 2 is 2.00 bits per heavy atom. The summed E-state index contributed by atoms with van der Waals surface area (Å²) >= 11 is 1.57. The average Bonchev–Trinajstić information content (AvgIpc) is 3.43. The van der Waals surface area contributed by atoms with Gasteiger partial charge >= 0.3 is 6.18 Å². The molecule has 2 aliphatic heterocycles. The topological polar surface area (TPSA) is 106 Å². The number of hydrogen-bond acceptors (Lipinski definition) is 9. The number of rotatable bonds is 4. The van der Waals surface area contributed by atoms with Crippen molar-refractivity contribution in [1.29, 1.82) is 0 Å². The molecular formula is C19H21F3N8OS. The number of alkyl halides is 3. The van der Waals surface area contributed by atoms with E-state index in [1.807, 2.05) is 11.0 Å². The number of aryl methyl sites for hydroxylation is 1. The number of thiophene rings is 1. The number of anilines is 2. The molecule has 0 aromatic carbocycles. The number of aromatic nitrogens is 5. The van der Waals surface area contributed by atoms with Crippen molar-refractivity contribution >= 4 is 39.1 Å².